The number of nitrogens with zero attached hydrogens (tertiary/aromatic N) is 4. The summed E-state index contributed by atoms with van der Waals surface area (Å²) in [6, 6.07) is 15.7. The highest BCUT2D eigenvalue weighted by atomic mass is 16.3. The molecule has 0 bridgehead atoms. The van der Waals surface area contributed by atoms with E-state index in [9.17, 15) is 4.79 Å². The molecule has 29 heavy (non-hydrogen) atoms. The van der Waals surface area contributed by atoms with E-state index in [0.717, 1.165) is 60.6 Å². The van der Waals surface area contributed by atoms with Crippen molar-refractivity contribution in [2.24, 2.45) is 0 Å². The van der Waals surface area contributed by atoms with Crippen LogP contribution in [-0.4, -0.2) is 38.4 Å². The predicted molar refractivity (Wildman–Crippen MR) is 110 cm³/mol. The number of hydrogen-bond donors (Lipinski definition) is 0. The molecule has 1 fully saturated rings. The SMILES string of the molecule is O=C(c1ccc(Cn2ccnc2)cc1)N1CCC(c2nc3ccccc3o2)CC1. The zero-order chi connectivity index (χ0) is 19.6. The fourth-order valence-electron chi connectivity index (χ4n) is 3.92. The molecule has 1 aliphatic rings. The summed E-state index contributed by atoms with van der Waals surface area (Å²) in [5, 5.41) is 0. The molecule has 1 saturated heterocycles. The molecule has 6 nitrogen and oxygen atoms in total. The summed E-state index contributed by atoms with van der Waals surface area (Å²) in [6.07, 6.45) is 7.23. The van der Waals surface area contributed by atoms with Crippen LogP contribution in [0.1, 0.15) is 40.6 Å². The number of fused-ring (bicyclic) bond motifs is 1. The predicted octanol–water partition coefficient (Wildman–Crippen LogP) is 4.09. The number of benzene rings is 2. The summed E-state index contributed by atoms with van der Waals surface area (Å²) in [6.45, 7) is 2.20. The van der Waals surface area contributed by atoms with Gasteiger partial charge in [0, 0.05) is 43.5 Å². The maximum absolute atomic E-state index is 12.9. The molecule has 1 amide bonds. The lowest BCUT2D eigenvalue weighted by atomic mass is 9.96. The minimum Gasteiger partial charge on any atom is -0.440 e. The maximum Gasteiger partial charge on any atom is 0.253 e. The van der Waals surface area contributed by atoms with Gasteiger partial charge in [0.15, 0.2) is 11.5 Å². The van der Waals surface area contributed by atoms with Gasteiger partial charge in [-0.2, -0.15) is 0 Å². The van der Waals surface area contributed by atoms with Gasteiger partial charge >= 0.3 is 0 Å². The summed E-state index contributed by atoms with van der Waals surface area (Å²) in [5.74, 6) is 1.15. The molecule has 0 spiro atoms. The van der Waals surface area contributed by atoms with E-state index in [1.165, 1.54) is 0 Å². The van der Waals surface area contributed by atoms with Gasteiger partial charge in [0.05, 0.1) is 6.33 Å². The van der Waals surface area contributed by atoms with Crippen molar-refractivity contribution < 1.29 is 9.21 Å². The lowest BCUT2D eigenvalue weighted by molar-refractivity contribution is 0.0706. The van der Waals surface area contributed by atoms with Crippen molar-refractivity contribution in [3.8, 4) is 0 Å². The van der Waals surface area contributed by atoms with Crippen LogP contribution in [0.4, 0.5) is 0 Å². The minimum atomic E-state index is 0.0928. The van der Waals surface area contributed by atoms with Crippen LogP contribution >= 0.6 is 0 Å². The van der Waals surface area contributed by atoms with E-state index in [2.05, 4.69) is 9.97 Å². The Balaban J connectivity index is 1.21. The summed E-state index contributed by atoms with van der Waals surface area (Å²) in [5.41, 5.74) is 3.61. The number of aromatic nitrogens is 3. The topological polar surface area (TPSA) is 64.2 Å². The van der Waals surface area contributed by atoms with Gasteiger partial charge in [-0.3, -0.25) is 4.79 Å². The van der Waals surface area contributed by atoms with Crippen molar-refractivity contribution in [2.45, 2.75) is 25.3 Å². The highest BCUT2D eigenvalue weighted by Gasteiger charge is 2.27. The Morgan fingerprint density at radius 1 is 1.07 bits per heavy atom. The maximum atomic E-state index is 12.9. The van der Waals surface area contributed by atoms with Gasteiger partial charge in [0.2, 0.25) is 0 Å². The molecule has 6 heteroatoms. The second-order valence-corrected chi connectivity index (χ2v) is 7.52. The Morgan fingerprint density at radius 2 is 1.86 bits per heavy atom. The number of para-hydroxylation sites is 2. The highest BCUT2D eigenvalue weighted by Crippen LogP contribution is 2.30. The normalized spacial score (nSPS) is 15.1. The number of hydrogen-bond acceptors (Lipinski definition) is 4. The van der Waals surface area contributed by atoms with Crippen LogP contribution in [0.2, 0.25) is 0 Å². The number of amides is 1. The van der Waals surface area contributed by atoms with Crippen LogP contribution < -0.4 is 0 Å². The second-order valence-electron chi connectivity index (χ2n) is 7.52. The molecule has 146 valence electrons. The first kappa shape index (κ1) is 17.7. The first-order valence-corrected chi connectivity index (χ1v) is 9.96. The van der Waals surface area contributed by atoms with E-state index in [-0.39, 0.29) is 11.8 Å². The van der Waals surface area contributed by atoms with E-state index in [1.807, 2.05) is 64.2 Å². The van der Waals surface area contributed by atoms with Crippen LogP contribution in [0.25, 0.3) is 11.1 Å². The second kappa shape index (κ2) is 7.54. The van der Waals surface area contributed by atoms with Crippen LogP contribution in [0.5, 0.6) is 0 Å². The van der Waals surface area contributed by atoms with E-state index in [0.29, 0.717) is 0 Å². The third-order valence-corrected chi connectivity index (χ3v) is 5.57. The first-order chi connectivity index (χ1) is 14.3. The van der Waals surface area contributed by atoms with Crippen molar-refractivity contribution in [2.75, 3.05) is 13.1 Å². The summed E-state index contributed by atoms with van der Waals surface area (Å²) < 4.78 is 7.93. The van der Waals surface area contributed by atoms with Gasteiger partial charge in [0.1, 0.15) is 5.52 Å². The van der Waals surface area contributed by atoms with Crippen molar-refractivity contribution in [1.82, 2.24) is 19.4 Å². The number of imidazole rings is 1. The number of rotatable bonds is 4. The van der Waals surface area contributed by atoms with Gasteiger partial charge in [-0.1, -0.05) is 24.3 Å². The van der Waals surface area contributed by atoms with Crippen molar-refractivity contribution in [3.05, 3.63) is 84.3 Å². The van der Waals surface area contributed by atoms with Crippen LogP contribution in [0.3, 0.4) is 0 Å². The Morgan fingerprint density at radius 3 is 2.59 bits per heavy atom. The van der Waals surface area contributed by atoms with Gasteiger partial charge in [-0.05, 0) is 42.7 Å². The third kappa shape index (κ3) is 3.66. The molecular formula is C23H22N4O2. The molecule has 4 aromatic rings. The van der Waals surface area contributed by atoms with Crippen molar-refractivity contribution in [3.63, 3.8) is 0 Å². The summed E-state index contributed by atoms with van der Waals surface area (Å²) in [4.78, 5) is 23.5. The standard InChI is InChI=1S/C23H22N4O2/c28-23(19-7-5-17(6-8-19)15-26-14-11-24-16-26)27-12-9-18(10-13-27)22-25-20-3-1-2-4-21(20)29-22/h1-8,11,14,16,18H,9-10,12-13,15H2. The Hall–Kier alpha value is -3.41. The fourth-order valence-corrected chi connectivity index (χ4v) is 3.92. The first-order valence-electron chi connectivity index (χ1n) is 9.96. The monoisotopic (exact) mass is 386 g/mol. The largest absolute Gasteiger partial charge is 0.440 e. The highest BCUT2D eigenvalue weighted by molar-refractivity contribution is 5.94. The van der Waals surface area contributed by atoms with E-state index >= 15 is 0 Å². The van der Waals surface area contributed by atoms with Gasteiger partial charge in [-0.25, -0.2) is 9.97 Å². The van der Waals surface area contributed by atoms with Gasteiger partial charge in [0.25, 0.3) is 5.91 Å². The van der Waals surface area contributed by atoms with E-state index in [1.54, 1.807) is 12.5 Å². The van der Waals surface area contributed by atoms with Crippen molar-refractivity contribution in [1.29, 1.82) is 0 Å². The molecule has 0 aliphatic carbocycles. The number of oxazole rings is 1. The molecule has 0 N–H and O–H groups in total. The average Bonchev–Trinajstić information content (AvgIpc) is 3.43. The molecule has 2 aromatic heterocycles. The molecule has 2 aromatic carbocycles. The quantitative estimate of drug-likeness (QED) is 0.530. The summed E-state index contributed by atoms with van der Waals surface area (Å²) in [7, 11) is 0. The zero-order valence-corrected chi connectivity index (χ0v) is 16.1. The molecular weight excluding hydrogens is 364 g/mol. The third-order valence-electron chi connectivity index (χ3n) is 5.57. The molecule has 1 aliphatic heterocycles. The lowest BCUT2D eigenvalue weighted by Crippen LogP contribution is -2.38. The van der Waals surface area contributed by atoms with Crippen LogP contribution in [0.15, 0.2) is 71.7 Å². The van der Waals surface area contributed by atoms with Crippen LogP contribution in [0, 0.1) is 0 Å². The molecule has 5 rings (SSSR count). The number of carbonyl (C=O) groups is 1. The smallest absolute Gasteiger partial charge is 0.253 e. The Kier molecular flexibility index (Phi) is 4.60. The molecule has 0 unspecified atom stereocenters. The molecule has 0 saturated carbocycles. The number of carbonyl (C=O) groups excluding carboxylic acids is 1. The lowest BCUT2D eigenvalue weighted by Gasteiger charge is -2.30. The minimum absolute atomic E-state index is 0.0928. The zero-order valence-electron chi connectivity index (χ0n) is 16.1. The van der Waals surface area contributed by atoms with Crippen molar-refractivity contribution >= 4 is 17.0 Å². The Labute approximate surface area is 168 Å². The molecule has 0 radical (unpaired) electrons. The fraction of sp³-hybridized carbons (Fsp3) is 0.261. The Bertz CT molecular complexity index is 1070. The van der Waals surface area contributed by atoms with E-state index in [4.69, 9.17) is 4.42 Å². The average molecular weight is 386 g/mol. The number of piperidine rings is 1. The van der Waals surface area contributed by atoms with Crippen LogP contribution in [-0.2, 0) is 6.54 Å². The molecule has 0 atom stereocenters. The van der Waals surface area contributed by atoms with E-state index < -0.39 is 0 Å². The van der Waals surface area contributed by atoms with Gasteiger partial charge < -0.3 is 13.9 Å². The van der Waals surface area contributed by atoms with Gasteiger partial charge in [-0.15, -0.1) is 0 Å². The number of likely N-dealkylation sites (tertiary alicyclic amines) is 1. The summed E-state index contributed by atoms with van der Waals surface area (Å²) >= 11 is 0. The molecule has 3 heterocycles.